The van der Waals surface area contributed by atoms with Gasteiger partial charge in [-0.15, -0.1) is 0 Å². The van der Waals surface area contributed by atoms with Crippen LogP contribution in [0.5, 0.6) is 0 Å². The van der Waals surface area contributed by atoms with Crippen LogP contribution in [-0.4, -0.2) is 29.0 Å². The van der Waals surface area contributed by atoms with E-state index in [1.165, 1.54) is 14.2 Å². The van der Waals surface area contributed by atoms with Crippen LogP contribution in [-0.2, 0) is 13.3 Å². The molecule has 0 atom stereocenters. The maximum atomic E-state index is 5.43. The van der Waals surface area contributed by atoms with Crippen molar-refractivity contribution in [1.29, 1.82) is 0 Å². The highest BCUT2D eigenvalue weighted by Crippen LogP contribution is 2.22. The number of rotatable bonds is 7. The first-order chi connectivity index (χ1) is 7.82. The van der Waals surface area contributed by atoms with Gasteiger partial charge in [0.1, 0.15) is 0 Å². The molecule has 7 heteroatoms. The maximum Gasteiger partial charge on any atom is 0.508 e. The molecule has 6 N–H and O–H groups in total. The SMILES string of the molecule is CC=CC(=CC)C[Si](OC)(OC)OC(N)(N)N. The van der Waals surface area contributed by atoms with Gasteiger partial charge in [-0.3, -0.25) is 17.2 Å². The Morgan fingerprint density at radius 2 is 1.71 bits per heavy atom. The van der Waals surface area contributed by atoms with E-state index in [0.717, 1.165) is 5.57 Å². The van der Waals surface area contributed by atoms with Crippen LogP contribution in [0.4, 0.5) is 0 Å². The molecule has 0 bridgehead atoms. The molecule has 0 radical (unpaired) electrons. The molecule has 6 nitrogen and oxygen atoms in total. The third-order valence-corrected chi connectivity index (χ3v) is 4.88. The molecule has 0 saturated carbocycles. The van der Waals surface area contributed by atoms with E-state index in [-0.39, 0.29) is 0 Å². The molecule has 0 aliphatic carbocycles. The van der Waals surface area contributed by atoms with Gasteiger partial charge in [0.05, 0.1) is 0 Å². The van der Waals surface area contributed by atoms with E-state index in [1.807, 2.05) is 32.1 Å². The Morgan fingerprint density at radius 3 is 2.00 bits per heavy atom. The summed E-state index contributed by atoms with van der Waals surface area (Å²) in [6.07, 6.45) is 5.79. The zero-order valence-electron chi connectivity index (χ0n) is 10.9. The summed E-state index contributed by atoms with van der Waals surface area (Å²) in [5.41, 5.74) is 17.3. The van der Waals surface area contributed by atoms with Gasteiger partial charge in [-0.05, 0) is 19.4 Å². The first-order valence-electron chi connectivity index (χ1n) is 5.27. The summed E-state index contributed by atoms with van der Waals surface area (Å²) in [6, 6.07) is 0.453. The first kappa shape index (κ1) is 16.5. The van der Waals surface area contributed by atoms with Crippen molar-refractivity contribution in [3.63, 3.8) is 0 Å². The maximum absolute atomic E-state index is 5.43. The van der Waals surface area contributed by atoms with Crippen LogP contribution in [0.15, 0.2) is 23.8 Å². The molecule has 0 saturated heterocycles. The van der Waals surface area contributed by atoms with E-state index in [0.29, 0.717) is 6.04 Å². The molecule has 0 fully saturated rings. The summed E-state index contributed by atoms with van der Waals surface area (Å²) in [7, 11) is -0.0137. The molecule has 100 valence electrons. The average Bonchev–Trinajstić information content (AvgIpc) is 2.25. The van der Waals surface area contributed by atoms with Gasteiger partial charge in [-0.1, -0.05) is 18.2 Å². The van der Waals surface area contributed by atoms with Crippen LogP contribution in [0.25, 0.3) is 0 Å². The van der Waals surface area contributed by atoms with Crippen molar-refractivity contribution in [3.8, 4) is 0 Å². The summed E-state index contributed by atoms with van der Waals surface area (Å²) >= 11 is 0. The lowest BCUT2D eigenvalue weighted by molar-refractivity contribution is -0.00474. The quantitative estimate of drug-likeness (QED) is 0.344. The molecule has 0 aromatic heterocycles. The summed E-state index contributed by atoms with van der Waals surface area (Å²) in [5, 5.41) is 0. The van der Waals surface area contributed by atoms with Crippen LogP contribution in [0, 0.1) is 0 Å². The monoisotopic (exact) mass is 261 g/mol. The van der Waals surface area contributed by atoms with Gasteiger partial charge in [-0.25, -0.2) is 0 Å². The second kappa shape index (κ2) is 7.02. The normalized spacial score (nSPS) is 14.6. The molecule has 0 aromatic rings. The fraction of sp³-hybridized carbons (Fsp3) is 0.600. The van der Waals surface area contributed by atoms with Gasteiger partial charge >= 0.3 is 8.80 Å². The lowest BCUT2D eigenvalue weighted by atomic mass is 10.3. The molecular formula is C10H23N3O3Si. The third kappa shape index (κ3) is 6.08. The minimum Gasteiger partial charge on any atom is -0.377 e. The van der Waals surface area contributed by atoms with Gasteiger partial charge in [0.25, 0.3) is 0 Å². The topological polar surface area (TPSA) is 106 Å². The number of nitrogens with two attached hydrogens (primary N) is 3. The molecule has 0 rings (SSSR count). The number of hydrogen-bond acceptors (Lipinski definition) is 6. The second-order valence-corrected chi connectivity index (χ2v) is 6.33. The summed E-state index contributed by atoms with van der Waals surface area (Å²) in [5.74, 6) is -1.77. The van der Waals surface area contributed by atoms with Crippen molar-refractivity contribution in [2.24, 2.45) is 17.2 Å². The highest BCUT2D eigenvalue weighted by molar-refractivity contribution is 6.61. The molecule has 0 aliphatic rings. The van der Waals surface area contributed by atoms with E-state index in [4.69, 9.17) is 30.5 Å². The van der Waals surface area contributed by atoms with Crippen LogP contribution >= 0.6 is 0 Å². The number of allylic oxidation sites excluding steroid dienone is 4. The Hall–Kier alpha value is -0.543. The van der Waals surface area contributed by atoms with Crippen LogP contribution in [0.1, 0.15) is 13.8 Å². The van der Waals surface area contributed by atoms with Crippen molar-refractivity contribution in [2.45, 2.75) is 25.9 Å². The standard InChI is InChI=1S/C10H23N3O3Si/c1-5-7-9(6-2)8-17(14-3,15-4)16-10(11,12)13/h5-7H,8,11-13H2,1-4H3. The molecule has 17 heavy (non-hydrogen) atoms. The predicted molar refractivity (Wildman–Crippen MR) is 69.5 cm³/mol. The van der Waals surface area contributed by atoms with Crippen molar-refractivity contribution in [2.75, 3.05) is 14.2 Å². The molecule has 0 spiro atoms. The second-order valence-electron chi connectivity index (χ2n) is 3.59. The van der Waals surface area contributed by atoms with Gasteiger partial charge in [-0.2, -0.15) is 0 Å². The molecular weight excluding hydrogens is 238 g/mol. The molecule has 0 heterocycles. The van der Waals surface area contributed by atoms with E-state index in [2.05, 4.69) is 0 Å². The highest BCUT2D eigenvalue weighted by atomic mass is 28.4. The zero-order valence-corrected chi connectivity index (χ0v) is 11.9. The fourth-order valence-corrected chi connectivity index (χ4v) is 3.39. The summed E-state index contributed by atoms with van der Waals surface area (Å²) < 4.78 is 16.0. The van der Waals surface area contributed by atoms with Crippen molar-refractivity contribution >= 4 is 8.80 Å². The van der Waals surface area contributed by atoms with Gasteiger partial charge in [0.2, 0.25) is 5.97 Å². The zero-order chi connectivity index (χ0) is 13.5. The predicted octanol–water partition coefficient (Wildman–Crippen LogP) is 0.245. The molecule has 0 aliphatic heterocycles. The fourth-order valence-electron chi connectivity index (χ4n) is 1.34. The summed E-state index contributed by atoms with van der Waals surface area (Å²) in [6.45, 7) is 3.84. The van der Waals surface area contributed by atoms with Crippen molar-refractivity contribution < 1.29 is 13.3 Å². The largest absolute Gasteiger partial charge is 0.508 e. The van der Waals surface area contributed by atoms with Crippen LogP contribution in [0.3, 0.4) is 0 Å². The van der Waals surface area contributed by atoms with E-state index in [1.54, 1.807) is 0 Å². The highest BCUT2D eigenvalue weighted by Gasteiger charge is 2.44. The molecule has 0 unspecified atom stereocenters. The Labute approximate surface area is 104 Å². The summed E-state index contributed by atoms with van der Waals surface area (Å²) in [4.78, 5) is 0. The smallest absolute Gasteiger partial charge is 0.377 e. The van der Waals surface area contributed by atoms with Gasteiger partial charge in [0, 0.05) is 20.3 Å². The van der Waals surface area contributed by atoms with Crippen LogP contribution in [0.2, 0.25) is 6.04 Å². The Morgan fingerprint density at radius 1 is 1.18 bits per heavy atom. The Bertz CT molecular complexity index is 283. The van der Waals surface area contributed by atoms with Gasteiger partial charge < -0.3 is 13.3 Å². The molecule has 0 aromatic carbocycles. The van der Waals surface area contributed by atoms with Crippen molar-refractivity contribution in [3.05, 3.63) is 23.8 Å². The lowest BCUT2D eigenvalue weighted by Gasteiger charge is -2.32. The minimum absolute atomic E-state index is 0.453. The van der Waals surface area contributed by atoms with E-state index >= 15 is 0 Å². The minimum atomic E-state index is -2.99. The van der Waals surface area contributed by atoms with Crippen LogP contribution < -0.4 is 17.2 Å². The Kier molecular flexibility index (Phi) is 6.79. The first-order valence-corrected chi connectivity index (χ1v) is 7.20. The van der Waals surface area contributed by atoms with Crippen molar-refractivity contribution in [1.82, 2.24) is 0 Å². The lowest BCUT2D eigenvalue weighted by Crippen LogP contribution is -2.67. The Balaban J connectivity index is 4.95. The van der Waals surface area contributed by atoms with Gasteiger partial charge in [0.15, 0.2) is 0 Å². The van der Waals surface area contributed by atoms with E-state index in [9.17, 15) is 0 Å². The molecule has 0 amide bonds. The third-order valence-electron chi connectivity index (χ3n) is 2.13. The number of hydrogen-bond donors (Lipinski definition) is 3. The average molecular weight is 261 g/mol. The van der Waals surface area contributed by atoms with E-state index < -0.39 is 14.8 Å².